The normalized spacial score (nSPS) is 18.3. The lowest BCUT2D eigenvalue weighted by Gasteiger charge is -2.37. The van der Waals surface area contributed by atoms with Gasteiger partial charge in [-0.25, -0.2) is 4.98 Å². The second-order valence-corrected chi connectivity index (χ2v) is 6.88. The first-order chi connectivity index (χ1) is 13.6. The number of piperidine rings is 1. The van der Waals surface area contributed by atoms with Crippen molar-refractivity contribution in [3.8, 4) is 22.9 Å². The van der Waals surface area contributed by atoms with Crippen molar-refractivity contribution in [2.75, 3.05) is 40.5 Å². The predicted molar refractivity (Wildman–Crippen MR) is 103 cm³/mol. The number of carbonyl (C=O) groups excluding carboxylic acids is 1. The van der Waals surface area contributed by atoms with Gasteiger partial charge in [-0.3, -0.25) is 4.79 Å². The van der Waals surface area contributed by atoms with Crippen molar-refractivity contribution < 1.29 is 23.7 Å². The maximum Gasteiger partial charge on any atom is 0.259 e. The highest BCUT2D eigenvalue weighted by Crippen LogP contribution is 2.33. The Labute approximate surface area is 164 Å². The van der Waals surface area contributed by atoms with E-state index in [0.29, 0.717) is 50.6 Å². The van der Waals surface area contributed by atoms with Gasteiger partial charge in [0, 0.05) is 31.5 Å². The molecule has 4 rings (SSSR count). The summed E-state index contributed by atoms with van der Waals surface area (Å²) in [5.41, 5.74) is 2.12. The summed E-state index contributed by atoms with van der Waals surface area (Å²) in [6.45, 7) is 2.42. The maximum atomic E-state index is 13.0. The van der Waals surface area contributed by atoms with Crippen LogP contribution in [0.2, 0.25) is 0 Å². The Morgan fingerprint density at radius 3 is 2.29 bits per heavy atom. The van der Waals surface area contributed by atoms with Gasteiger partial charge in [-0.15, -0.1) is 0 Å². The molecular formula is C21H24N2O5. The van der Waals surface area contributed by atoms with Crippen LogP contribution in [-0.4, -0.2) is 62.1 Å². The van der Waals surface area contributed by atoms with Crippen LogP contribution < -0.4 is 9.47 Å². The van der Waals surface area contributed by atoms with Crippen molar-refractivity contribution in [2.24, 2.45) is 0 Å². The number of aromatic nitrogens is 1. The summed E-state index contributed by atoms with van der Waals surface area (Å²) in [4.78, 5) is 19.4. The largest absolute Gasteiger partial charge is 0.497 e. The summed E-state index contributed by atoms with van der Waals surface area (Å²) in [5.74, 6) is 0.517. The molecule has 1 spiro atoms. The number of pyridine rings is 1. The summed E-state index contributed by atoms with van der Waals surface area (Å²) >= 11 is 0. The molecule has 1 aromatic carbocycles. The first-order valence-corrected chi connectivity index (χ1v) is 9.41. The molecule has 1 aromatic heterocycles. The lowest BCUT2D eigenvalue weighted by molar-refractivity contribution is -0.181. The topological polar surface area (TPSA) is 70.1 Å². The zero-order valence-electron chi connectivity index (χ0n) is 16.1. The van der Waals surface area contributed by atoms with Crippen LogP contribution in [0.1, 0.15) is 23.2 Å². The number of amides is 1. The van der Waals surface area contributed by atoms with Gasteiger partial charge >= 0.3 is 0 Å². The Kier molecular flexibility index (Phi) is 5.19. The monoisotopic (exact) mass is 384 g/mol. The SMILES string of the molecule is COc1ccc(-c2ccc(C(=O)N3CCC4(CC3)OCCO4)c(OC)n2)cc1. The zero-order chi connectivity index (χ0) is 19.6. The van der Waals surface area contributed by atoms with Crippen LogP contribution in [0.25, 0.3) is 11.3 Å². The molecule has 0 unspecified atom stereocenters. The Balaban J connectivity index is 1.51. The molecule has 7 nitrogen and oxygen atoms in total. The molecule has 3 heterocycles. The number of nitrogens with zero attached hydrogens (tertiary/aromatic N) is 2. The van der Waals surface area contributed by atoms with Crippen molar-refractivity contribution >= 4 is 5.91 Å². The molecule has 2 aliphatic rings. The number of rotatable bonds is 4. The highest BCUT2D eigenvalue weighted by atomic mass is 16.7. The fourth-order valence-corrected chi connectivity index (χ4v) is 3.69. The van der Waals surface area contributed by atoms with Crippen LogP contribution in [0.15, 0.2) is 36.4 Å². The molecule has 0 saturated carbocycles. The first-order valence-electron chi connectivity index (χ1n) is 9.41. The summed E-state index contributed by atoms with van der Waals surface area (Å²) < 4.78 is 22.1. The fraction of sp³-hybridized carbons (Fsp3) is 0.429. The van der Waals surface area contributed by atoms with Crippen LogP contribution in [0, 0.1) is 0 Å². The van der Waals surface area contributed by atoms with E-state index in [0.717, 1.165) is 17.0 Å². The predicted octanol–water partition coefficient (Wildman–Crippen LogP) is 2.74. The van der Waals surface area contributed by atoms with Crippen LogP contribution in [0.3, 0.4) is 0 Å². The van der Waals surface area contributed by atoms with Gasteiger partial charge in [0.15, 0.2) is 5.79 Å². The molecule has 0 atom stereocenters. The van der Waals surface area contributed by atoms with Gasteiger partial charge in [0.2, 0.25) is 5.88 Å². The van der Waals surface area contributed by atoms with Gasteiger partial charge in [-0.2, -0.15) is 0 Å². The summed E-state index contributed by atoms with van der Waals surface area (Å²) in [6, 6.07) is 11.2. The molecule has 2 aliphatic heterocycles. The average molecular weight is 384 g/mol. The van der Waals surface area contributed by atoms with Crippen LogP contribution in [0.5, 0.6) is 11.6 Å². The van der Waals surface area contributed by atoms with Gasteiger partial charge in [-0.05, 0) is 36.4 Å². The smallest absolute Gasteiger partial charge is 0.259 e. The van der Waals surface area contributed by atoms with E-state index in [4.69, 9.17) is 18.9 Å². The Hall–Kier alpha value is -2.64. The van der Waals surface area contributed by atoms with Crippen molar-refractivity contribution in [2.45, 2.75) is 18.6 Å². The van der Waals surface area contributed by atoms with Gasteiger partial charge in [0.25, 0.3) is 5.91 Å². The maximum absolute atomic E-state index is 13.0. The number of carbonyl (C=O) groups is 1. The van der Waals surface area contributed by atoms with E-state index in [1.165, 1.54) is 7.11 Å². The van der Waals surface area contributed by atoms with Crippen LogP contribution in [0.4, 0.5) is 0 Å². The lowest BCUT2D eigenvalue weighted by atomic mass is 10.0. The number of methoxy groups -OCH3 is 2. The molecule has 2 saturated heterocycles. The van der Waals surface area contributed by atoms with E-state index in [9.17, 15) is 4.79 Å². The minimum Gasteiger partial charge on any atom is -0.497 e. The van der Waals surface area contributed by atoms with Gasteiger partial charge in [0.05, 0.1) is 33.1 Å². The zero-order valence-corrected chi connectivity index (χ0v) is 16.1. The molecule has 28 heavy (non-hydrogen) atoms. The van der Waals surface area contributed by atoms with Crippen LogP contribution in [-0.2, 0) is 9.47 Å². The molecule has 0 aliphatic carbocycles. The van der Waals surface area contributed by atoms with Crippen molar-refractivity contribution in [3.63, 3.8) is 0 Å². The third kappa shape index (κ3) is 3.55. The van der Waals surface area contributed by atoms with E-state index in [1.807, 2.05) is 35.2 Å². The highest BCUT2D eigenvalue weighted by molar-refractivity contribution is 5.96. The average Bonchev–Trinajstić information content (AvgIpc) is 3.21. The number of likely N-dealkylation sites (tertiary alicyclic amines) is 1. The van der Waals surface area contributed by atoms with E-state index >= 15 is 0 Å². The van der Waals surface area contributed by atoms with Gasteiger partial charge < -0.3 is 23.8 Å². The number of hydrogen-bond acceptors (Lipinski definition) is 6. The molecular weight excluding hydrogens is 360 g/mol. The number of hydrogen-bond donors (Lipinski definition) is 0. The molecule has 1 amide bonds. The Morgan fingerprint density at radius 2 is 1.68 bits per heavy atom. The summed E-state index contributed by atoms with van der Waals surface area (Å²) in [5, 5.41) is 0. The molecule has 0 N–H and O–H groups in total. The molecule has 2 fully saturated rings. The third-order valence-electron chi connectivity index (χ3n) is 5.30. The number of benzene rings is 1. The second-order valence-electron chi connectivity index (χ2n) is 6.88. The standard InChI is InChI=1S/C21H24N2O5/c1-25-16-5-3-15(4-6-16)18-8-7-17(19(22-18)26-2)20(24)23-11-9-21(10-12-23)27-13-14-28-21/h3-8H,9-14H2,1-2H3. The molecule has 0 bridgehead atoms. The van der Waals surface area contributed by atoms with Gasteiger partial charge in [0.1, 0.15) is 11.3 Å². The van der Waals surface area contributed by atoms with E-state index in [2.05, 4.69) is 4.98 Å². The Morgan fingerprint density at radius 1 is 1.00 bits per heavy atom. The number of ether oxygens (including phenoxy) is 4. The summed E-state index contributed by atoms with van der Waals surface area (Å²) in [7, 11) is 3.16. The minimum atomic E-state index is -0.503. The van der Waals surface area contributed by atoms with Crippen molar-refractivity contribution in [1.82, 2.24) is 9.88 Å². The van der Waals surface area contributed by atoms with E-state index < -0.39 is 5.79 Å². The van der Waals surface area contributed by atoms with Gasteiger partial charge in [-0.1, -0.05) is 0 Å². The fourth-order valence-electron chi connectivity index (χ4n) is 3.69. The van der Waals surface area contributed by atoms with Crippen LogP contribution >= 0.6 is 0 Å². The highest BCUT2D eigenvalue weighted by Gasteiger charge is 2.41. The van der Waals surface area contributed by atoms with Crippen molar-refractivity contribution in [1.29, 1.82) is 0 Å². The molecule has 2 aromatic rings. The third-order valence-corrected chi connectivity index (χ3v) is 5.30. The molecule has 7 heteroatoms. The second kappa shape index (κ2) is 7.77. The van der Waals surface area contributed by atoms with E-state index in [1.54, 1.807) is 13.2 Å². The molecule has 0 radical (unpaired) electrons. The summed E-state index contributed by atoms with van der Waals surface area (Å²) in [6.07, 6.45) is 1.36. The first kappa shape index (κ1) is 18.7. The quantitative estimate of drug-likeness (QED) is 0.807. The molecule has 148 valence electrons. The van der Waals surface area contributed by atoms with E-state index in [-0.39, 0.29) is 5.91 Å². The lowest BCUT2D eigenvalue weighted by Crippen LogP contribution is -2.47. The minimum absolute atomic E-state index is 0.0847. The van der Waals surface area contributed by atoms with Crippen molar-refractivity contribution in [3.05, 3.63) is 42.0 Å². The Bertz CT molecular complexity index is 836.